The zero-order valence-electron chi connectivity index (χ0n) is 20.0. The highest BCUT2D eigenvalue weighted by Crippen LogP contribution is 2.23. The second kappa shape index (κ2) is 12.8. The van der Waals surface area contributed by atoms with Crippen molar-refractivity contribution in [3.8, 4) is 17.2 Å². The third-order valence-electron chi connectivity index (χ3n) is 5.28. The van der Waals surface area contributed by atoms with Crippen LogP contribution in [0.15, 0.2) is 54.6 Å². The lowest BCUT2D eigenvalue weighted by molar-refractivity contribution is -0.121. The third-order valence-corrected chi connectivity index (χ3v) is 5.71. The smallest absolute Gasteiger partial charge is 0.267 e. The van der Waals surface area contributed by atoms with Crippen LogP contribution in [0.2, 0.25) is 0 Å². The molecule has 3 aromatic carbocycles. The molecule has 0 heterocycles. The molecule has 0 spiro atoms. The van der Waals surface area contributed by atoms with Crippen LogP contribution in [-0.2, 0) is 24.6 Å². The first-order chi connectivity index (χ1) is 16.9. The topological polar surface area (TPSA) is 94.1 Å². The van der Waals surface area contributed by atoms with Gasteiger partial charge in [-0.1, -0.05) is 18.0 Å². The molecular formula is C27H29NO6S. The summed E-state index contributed by atoms with van der Waals surface area (Å²) < 4.78 is 20.2. The van der Waals surface area contributed by atoms with Gasteiger partial charge in [-0.3, -0.25) is 14.3 Å². The quantitative estimate of drug-likeness (QED) is 0.281. The van der Waals surface area contributed by atoms with E-state index in [1.54, 1.807) is 18.4 Å². The summed E-state index contributed by atoms with van der Waals surface area (Å²) in [6, 6.07) is 16.4. The second-order valence-electron chi connectivity index (χ2n) is 7.96. The Labute approximate surface area is 209 Å². The number of aryl methyl sites for hydroxylation is 2. The number of nitrogens with one attached hydrogen (secondary N) is 1. The molecule has 8 heteroatoms. The van der Waals surface area contributed by atoms with E-state index in [9.17, 15) is 14.7 Å². The van der Waals surface area contributed by atoms with E-state index in [4.69, 9.17) is 14.2 Å². The monoisotopic (exact) mass is 495 g/mol. The molecule has 7 nitrogen and oxygen atoms in total. The van der Waals surface area contributed by atoms with Gasteiger partial charge in [0.25, 0.3) is 5.91 Å². The predicted octanol–water partition coefficient (Wildman–Crippen LogP) is 4.54. The maximum absolute atomic E-state index is 11.8. The molecule has 0 aliphatic rings. The van der Waals surface area contributed by atoms with Crippen LogP contribution >= 0.6 is 11.9 Å². The van der Waals surface area contributed by atoms with Crippen molar-refractivity contribution < 1.29 is 28.9 Å². The van der Waals surface area contributed by atoms with Crippen molar-refractivity contribution in [2.75, 3.05) is 12.9 Å². The van der Waals surface area contributed by atoms with E-state index in [0.717, 1.165) is 34.1 Å². The van der Waals surface area contributed by atoms with E-state index in [1.807, 2.05) is 56.3 Å². The summed E-state index contributed by atoms with van der Waals surface area (Å²) in [7, 11) is 0. The number of amides is 1. The number of aldehydes is 1. The fourth-order valence-electron chi connectivity index (χ4n) is 3.41. The van der Waals surface area contributed by atoms with Gasteiger partial charge >= 0.3 is 0 Å². The van der Waals surface area contributed by atoms with E-state index in [-0.39, 0.29) is 32.3 Å². The number of hydrogen-bond acceptors (Lipinski definition) is 7. The molecule has 0 radical (unpaired) electrons. The Morgan fingerprint density at radius 1 is 0.886 bits per heavy atom. The standard InChI is InChI=1S/C27H29NO6S/c1-18-8-24(6-4-22(18)13-29)32-15-20-10-21(12-26(11-20)34-17-27(31)28-35-3)16-33-25-7-5-23(14-30)19(2)9-25/h4-13,30H,14-17H2,1-3H3,(H,28,31). The van der Waals surface area contributed by atoms with E-state index in [1.165, 1.54) is 11.9 Å². The number of benzene rings is 3. The van der Waals surface area contributed by atoms with Gasteiger partial charge in [0.1, 0.15) is 36.7 Å². The van der Waals surface area contributed by atoms with Gasteiger partial charge in [0.05, 0.1) is 6.61 Å². The molecule has 184 valence electrons. The van der Waals surface area contributed by atoms with E-state index < -0.39 is 0 Å². The molecule has 35 heavy (non-hydrogen) atoms. The first kappa shape index (κ1) is 26.1. The molecule has 0 saturated carbocycles. The van der Waals surface area contributed by atoms with Crippen molar-refractivity contribution in [3.63, 3.8) is 0 Å². The number of carbonyl (C=O) groups is 2. The summed E-state index contributed by atoms with van der Waals surface area (Å²) in [5, 5.41) is 9.36. The molecule has 0 aromatic heterocycles. The Balaban J connectivity index is 1.75. The fourth-order valence-corrected chi connectivity index (χ4v) is 3.70. The van der Waals surface area contributed by atoms with Gasteiger partial charge in [-0.2, -0.15) is 0 Å². The molecule has 0 fully saturated rings. The molecule has 1 amide bonds. The molecule has 0 unspecified atom stereocenters. The van der Waals surface area contributed by atoms with Gasteiger partial charge in [-0.05, 0) is 90.2 Å². The Kier molecular flexibility index (Phi) is 9.57. The summed E-state index contributed by atoms with van der Waals surface area (Å²) in [5.74, 6) is 1.63. The number of aliphatic hydroxyl groups is 1. The van der Waals surface area contributed by atoms with Crippen LogP contribution in [0.5, 0.6) is 17.2 Å². The number of hydrogen-bond donors (Lipinski definition) is 2. The SMILES string of the molecule is CSNC(=O)COc1cc(COc2ccc(C=O)c(C)c2)cc(COc2ccc(CO)c(C)c2)c1. The molecule has 0 aliphatic carbocycles. The average molecular weight is 496 g/mol. The zero-order valence-corrected chi connectivity index (χ0v) is 20.8. The Morgan fingerprint density at radius 3 is 2.06 bits per heavy atom. The minimum absolute atomic E-state index is 0.0175. The summed E-state index contributed by atoms with van der Waals surface area (Å²) in [4.78, 5) is 22.9. The van der Waals surface area contributed by atoms with Gasteiger partial charge in [0.15, 0.2) is 6.61 Å². The highest BCUT2D eigenvalue weighted by atomic mass is 32.2. The number of aliphatic hydroxyl groups excluding tert-OH is 1. The predicted molar refractivity (Wildman–Crippen MR) is 136 cm³/mol. The van der Waals surface area contributed by atoms with Crippen molar-refractivity contribution in [2.24, 2.45) is 0 Å². The molecule has 3 aromatic rings. The van der Waals surface area contributed by atoms with Crippen LogP contribution in [0.4, 0.5) is 0 Å². The molecule has 0 bridgehead atoms. The summed E-state index contributed by atoms with van der Waals surface area (Å²) in [6.45, 7) is 4.20. The normalized spacial score (nSPS) is 10.5. The molecule has 2 N–H and O–H groups in total. The van der Waals surface area contributed by atoms with Gasteiger partial charge in [0.2, 0.25) is 0 Å². The lowest BCUT2D eigenvalue weighted by Crippen LogP contribution is -2.22. The highest BCUT2D eigenvalue weighted by Gasteiger charge is 2.09. The van der Waals surface area contributed by atoms with Crippen LogP contribution in [0.3, 0.4) is 0 Å². The van der Waals surface area contributed by atoms with Crippen molar-refractivity contribution >= 4 is 24.1 Å². The lowest BCUT2D eigenvalue weighted by Gasteiger charge is -2.14. The van der Waals surface area contributed by atoms with Crippen LogP contribution in [-0.4, -0.2) is 30.2 Å². The van der Waals surface area contributed by atoms with Crippen LogP contribution in [0.25, 0.3) is 0 Å². The Bertz CT molecular complexity index is 1180. The van der Waals surface area contributed by atoms with Crippen LogP contribution in [0.1, 0.15) is 38.2 Å². The van der Waals surface area contributed by atoms with Crippen molar-refractivity contribution in [2.45, 2.75) is 33.7 Å². The second-order valence-corrected chi connectivity index (χ2v) is 8.58. The third kappa shape index (κ3) is 7.77. The Morgan fingerprint density at radius 2 is 1.51 bits per heavy atom. The largest absolute Gasteiger partial charge is 0.489 e. The molecule has 0 aliphatic heterocycles. The zero-order chi connectivity index (χ0) is 25.2. The number of carbonyl (C=O) groups excluding carboxylic acids is 2. The van der Waals surface area contributed by atoms with Crippen molar-refractivity contribution in [3.05, 3.63) is 88.0 Å². The summed E-state index contributed by atoms with van der Waals surface area (Å²) >= 11 is 1.21. The number of rotatable bonds is 12. The Hall–Kier alpha value is -3.49. The maximum atomic E-state index is 11.8. The maximum Gasteiger partial charge on any atom is 0.267 e. The van der Waals surface area contributed by atoms with Gasteiger partial charge < -0.3 is 19.3 Å². The van der Waals surface area contributed by atoms with E-state index in [0.29, 0.717) is 22.8 Å². The molecule has 3 rings (SSSR count). The molecule has 0 saturated heterocycles. The minimum Gasteiger partial charge on any atom is -0.489 e. The van der Waals surface area contributed by atoms with E-state index >= 15 is 0 Å². The van der Waals surface area contributed by atoms with Gasteiger partial charge in [-0.25, -0.2) is 0 Å². The first-order valence-corrected chi connectivity index (χ1v) is 12.2. The van der Waals surface area contributed by atoms with E-state index in [2.05, 4.69) is 4.72 Å². The molecular weight excluding hydrogens is 466 g/mol. The highest BCUT2D eigenvalue weighted by molar-refractivity contribution is 7.97. The van der Waals surface area contributed by atoms with Crippen molar-refractivity contribution in [1.82, 2.24) is 4.72 Å². The fraction of sp³-hybridized carbons (Fsp3) is 0.259. The van der Waals surface area contributed by atoms with Crippen LogP contribution in [0, 0.1) is 13.8 Å². The number of ether oxygens (including phenoxy) is 3. The summed E-state index contributed by atoms with van der Waals surface area (Å²) in [5.41, 5.74) is 4.96. The molecule has 0 atom stereocenters. The average Bonchev–Trinajstić information content (AvgIpc) is 2.85. The lowest BCUT2D eigenvalue weighted by atomic mass is 10.1. The van der Waals surface area contributed by atoms with Gasteiger partial charge in [-0.15, -0.1) is 0 Å². The van der Waals surface area contributed by atoms with Crippen LogP contribution < -0.4 is 18.9 Å². The minimum atomic E-state index is -0.234. The van der Waals surface area contributed by atoms with Gasteiger partial charge in [0, 0.05) is 11.8 Å². The first-order valence-electron chi connectivity index (χ1n) is 11.0. The summed E-state index contributed by atoms with van der Waals surface area (Å²) in [6.07, 6.45) is 2.59. The van der Waals surface area contributed by atoms with Crippen molar-refractivity contribution in [1.29, 1.82) is 0 Å².